The third-order valence-electron chi connectivity index (χ3n) is 4.68. The van der Waals surface area contributed by atoms with Crippen LogP contribution in [0, 0.1) is 18.4 Å². The number of ether oxygens (including phenoxy) is 2. The molecule has 1 heterocycles. The van der Waals surface area contributed by atoms with Crippen LogP contribution in [0.4, 0.5) is 4.79 Å². The smallest absolute Gasteiger partial charge is 0.410 e. The molecule has 0 saturated carbocycles. The number of carbonyl (C=O) groups is 2. The molecule has 0 N–H and O–H groups in total. The van der Waals surface area contributed by atoms with E-state index in [0.717, 1.165) is 11.1 Å². The number of benzene rings is 1. The fourth-order valence-electron chi connectivity index (χ4n) is 3.28. The molecule has 26 heavy (non-hydrogen) atoms. The van der Waals surface area contributed by atoms with E-state index in [1.54, 1.807) is 4.90 Å². The first-order chi connectivity index (χ1) is 12.1. The summed E-state index contributed by atoms with van der Waals surface area (Å²) in [5.74, 6) is -0.543. The number of hydrogen-bond acceptors (Lipinski definition) is 5. The van der Waals surface area contributed by atoms with Gasteiger partial charge in [0.15, 0.2) is 0 Å². The number of piperidine rings is 1. The molecule has 1 fully saturated rings. The Labute approximate surface area is 154 Å². The van der Waals surface area contributed by atoms with Gasteiger partial charge in [-0.1, -0.05) is 29.8 Å². The van der Waals surface area contributed by atoms with Gasteiger partial charge in [0.1, 0.15) is 5.60 Å². The standard InChI is InChI=1S/C20H26N2O4/c1-15-5-7-16(8-6-15)20(13-17(23)25-14-21)9-11-22(12-10-20)18(24)26-19(2,3)4/h5-8H,9-13H2,1-4H3. The highest BCUT2D eigenvalue weighted by Gasteiger charge is 2.40. The number of amides is 1. The fraction of sp³-hybridized carbons (Fsp3) is 0.550. The number of hydrogen-bond donors (Lipinski definition) is 0. The summed E-state index contributed by atoms with van der Waals surface area (Å²) < 4.78 is 9.96. The van der Waals surface area contributed by atoms with Gasteiger partial charge in [0.05, 0.1) is 6.42 Å². The van der Waals surface area contributed by atoms with E-state index < -0.39 is 17.0 Å². The van der Waals surface area contributed by atoms with Crippen LogP contribution in [0.15, 0.2) is 24.3 Å². The SMILES string of the molecule is Cc1ccc(C2(CC(=O)OC#N)CCN(C(=O)OC(C)(C)C)CC2)cc1. The number of carbonyl (C=O) groups excluding carboxylic acids is 2. The van der Waals surface area contributed by atoms with Crippen molar-refractivity contribution in [2.24, 2.45) is 0 Å². The molecule has 1 aliphatic heterocycles. The maximum absolute atomic E-state index is 12.3. The minimum atomic E-state index is -0.543. The molecule has 0 spiro atoms. The number of esters is 1. The van der Waals surface area contributed by atoms with Crippen LogP contribution in [0.3, 0.4) is 0 Å². The molecular formula is C20H26N2O4. The van der Waals surface area contributed by atoms with Gasteiger partial charge in [0, 0.05) is 18.5 Å². The van der Waals surface area contributed by atoms with Crippen molar-refractivity contribution >= 4 is 12.1 Å². The summed E-state index contributed by atoms with van der Waals surface area (Å²) in [7, 11) is 0. The van der Waals surface area contributed by atoms with E-state index in [9.17, 15) is 9.59 Å². The van der Waals surface area contributed by atoms with Crippen LogP contribution in [0.1, 0.15) is 51.2 Å². The number of rotatable bonds is 3. The molecule has 1 amide bonds. The third-order valence-corrected chi connectivity index (χ3v) is 4.68. The van der Waals surface area contributed by atoms with Crippen LogP contribution >= 0.6 is 0 Å². The van der Waals surface area contributed by atoms with Crippen molar-refractivity contribution in [2.75, 3.05) is 13.1 Å². The average molecular weight is 358 g/mol. The van der Waals surface area contributed by atoms with Gasteiger partial charge in [-0.25, -0.2) is 4.79 Å². The molecule has 0 aromatic heterocycles. The Bertz CT molecular complexity index is 690. The molecule has 0 bridgehead atoms. The summed E-state index contributed by atoms with van der Waals surface area (Å²) >= 11 is 0. The summed E-state index contributed by atoms with van der Waals surface area (Å²) in [6.07, 6.45) is 2.45. The molecule has 0 atom stereocenters. The zero-order chi connectivity index (χ0) is 19.4. The Morgan fingerprint density at radius 3 is 2.27 bits per heavy atom. The van der Waals surface area contributed by atoms with Crippen LogP contribution < -0.4 is 0 Å². The summed E-state index contributed by atoms with van der Waals surface area (Å²) in [6.45, 7) is 8.49. The van der Waals surface area contributed by atoms with Crippen molar-refractivity contribution in [3.63, 3.8) is 0 Å². The minimum Gasteiger partial charge on any atom is -0.444 e. The first-order valence-electron chi connectivity index (χ1n) is 8.79. The average Bonchev–Trinajstić information content (AvgIpc) is 2.54. The summed E-state index contributed by atoms with van der Waals surface area (Å²) in [5, 5.41) is 8.62. The van der Waals surface area contributed by atoms with E-state index in [1.165, 1.54) is 6.26 Å². The number of aryl methyl sites for hydroxylation is 1. The van der Waals surface area contributed by atoms with Crippen LogP contribution in [-0.4, -0.2) is 35.7 Å². The number of nitrogens with zero attached hydrogens (tertiary/aromatic N) is 2. The zero-order valence-electron chi connectivity index (χ0n) is 15.9. The lowest BCUT2D eigenvalue weighted by Gasteiger charge is -2.41. The molecular weight excluding hydrogens is 332 g/mol. The van der Waals surface area contributed by atoms with Crippen molar-refractivity contribution in [3.8, 4) is 6.26 Å². The number of nitriles is 1. The minimum absolute atomic E-state index is 0.117. The maximum Gasteiger partial charge on any atom is 0.410 e. The van der Waals surface area contributed by atoms with Gasteiger partial charge in [-0.2, -0.15) is 0 Å². The van der Waals surface area contributed by atoms with Gasteiger partial charge in [0.25, 0.3) is 6.26 Å². The Balaban J connectivity index is 2.17. The van der Waals surface area contributed by atoms with Crippen molar-refractivity contribution in [1.29, 1.82) is 5.26 Å². The Kier molecular flexibility index (Phi) is 5.91. The van der Waals surface area contributed by atoms with Crippen LogP contribution in [0.25, 0.3) is 0 Å². The summed E-state index contributed by atoms with van der Waals surface area (Å²) in [4.78, 5) is 26.0. The summed E-state index contributed by atoms with van der Waals surface area (Å²) in [6, 6.07) is 8.04. The second-order valence-corrected chi connectivity index (χ2v) is 7.86. The van der Waals surface area contributed by atoms with Gasteiger partial charge >= 0.3 is 12.1 Å². The topological polar surface area (TPSA) is 79.6 Å². The third kappa shape index (κ3) is 4.98. The van der Waals surface area contributed by atoms with E-state index in [0.29, 0.717) is 25.9 Å². The lowest BCUT2D eigenvalue weighted by Crippen LogP contribution is -2.47. The first-order valence-corrected chi connectivity index (χ1v) is 8.79. The molecule has 6 nitrogen and oxygen atoms in total. The molecule has 0 unspecified atom stereocenters. The second-order valence-electron chi connectivity index (χ2n) is 7.86. The Hall–Kier alpha value is -2.55. The van der Waals surface area contributed by atoms with Gasteiger partial charge in [0.2, 0.25) is 0 Å². The van der Waals surface area contributed by atoms with E-state index in [-0.39, 0.29) is 12.5 Å². The molecule has 1 aromatic rings. The van der Waals surface area contributed by atoms with E-state index >= 15 is 0 Å². The molecule has 1 aliphatic rings. The normalized spacial score (nSPS) is 16.5. The highest BCUT2D eigenvalue weighted by molar-refractivity contribution is 5.73. The maximum atomic E-state index is 12.3. The van der Waals surface area contributed by atoms with Crippen LogP contribution in [0.2, 0.25) is 0 Å². The second kappa shape index (κ2) is 7.77. The lowest BCUT2D eigenvalue weighted by atomic mass is 9.70. The largest absolute Gasteiger partial charge is 0.444 e. The van der Waals surface area contributed by atoms with E-state index in [4.69, 9.17) is 10.00 Å². The van der Waals surface area contributed by atoms with Crippen molar-refractivity contribution in [1.82, 2.24) is 4.90 Å². The molecule has 6 heteroatoms. The number of likely N-dealkylation sites (tertiary alicyclic amines) is 1. The van der Waals surface area contributed by atoms with Gasteiger partial charge in [-0.05, 0) is 46.1 Å². The van der Waals surface area contributed by atoms with Gasteiger partial charge < -0.3 is 14.4 Å². The predicted molar refractivity (Wildman–Crippen MR) is 96.2 cm³/mol. The monoisotopic (exact) mass is 358 g/mol. The Morgan fingerprint density at radius 1 is 1.19 bits per heavy atom. The van der Waals surface area contributed by atoms with Gasteiger partial charge in [-0.3, -0.25) is 4.79 Å². The first kappa shape index (κ1) is 19.8. The Morgan fingerprint density at radius 2 is 1.77 bits per heavy atom. The predicted octanol–water partition coefficient (Wildman–Crippen LogP) is 3.68. The molecule has 140 valence electrons. The highest BCUT2D eigenvalue weighted by atomic mass is 16.6. The summed E-state index contributed by atoms with van der Waals surface area (Å²) in [5.41, 5.74) is 1.18. The lowest BCUT2D eigenvalue weighted by molar-refractivity contribution is -0.139. The molecule has 0 aliphatic carbocycles. The zero-order valence-corrected chi connectivity index (χ0v) is 15.9. The van der Waals surface area contributed by atoms with Crippen molar-refractivity contribution in [3.05, 3.63) is 35.4 Å². The van der Waals surface area contributed by atoms with E-state index in [1.807, 2.05) is 52.0 Å². The highest BCUT2D eigenvalue weighted by Crippen LogP contribution is 2.39. The fourth-order valence-corrected chi connectivity index (χ4v) is 3.28. The molecule has 1 aromatic carbocycles. The van der Waals surface area contributed by atoms with Crippen LogP contribution in [-0.2, 0) is 19.7 Å². The molecule has 2 rings (SSSR count). The quantitative estimate of drug-likeness (QED) is 0.608. The molecule has 0 radical (unpaired) electrons. The van der Waals surface area contributed by atoms with Crippen LogP contribution in [0.5, 0.6) is 0 Å². The van der Waals surface area contributed by atoms with E-state index in [2.05, 4.69) is 4.74 Å². The van der Waals surface area contributed by atoms with Crippen molar-refractivity contribution < 1.29 is 19.1 Å². The van der Waals surface area contributed by atoms with Gasteiger partial charge in [-0.15, -0.1) is 5.26 Å². The molecule has 1 saturated heterocycles. The van der Waals surface area contributed by atoms with Crippen molar-refractivity contribution in [2.45, 2.75) is 58.0 Å².